The van der Waals surface area contributed by atoms with Crippen molar-refractivity contribution in [2.45, 2.75) is 32.9 Å². The number of nitrogens with zero attached hydrogens (tertiary/aromatic N) is 5. The minimum atomic E-state index is -3.62. The fourth-order valence-electron chi connectivity index (χ4n) is 3.24. The van der Waals surface area contributed by atoms with Gasteiger partial charge in [-0.3, -0.25) is 20.2 Å². The molecule has 3 rings (SSSR count). The molecule has 0 atom stereocenters. The lowest BCUT2D eigenvalue weighted by Gasteiger charge is -2.12. The number of nitro benzene ring substituents is 1. The van der Waals surface area contributed by atoms with Crippen molar-refractivity contribution in [3.8, 4) is 11.8 Å². The summed E-state index contributed by atoms with van der Waals surface area (Å²) < 4.78 is 29.3. The average Bonchev–Trinajstić information content (AvgIpc) is 3.36. The lowest BCUT2D eigenvalue weighted by atomic mass is 10.1. The molecule has 2 heterocycles. The monoisotopic (exact) mass is 500 g/mol. The maximum atomic E-state index is 12.6. The summed E-state index contributed by atoms with van der Waals surface area (Å²) in [4.78, 5) is 27.2. The van der Waals surface area contributed by atoms with Gasteiger partial charge in [-0.05, 0) is 44.0 Å². The molecule has 1 amide bonds. The first-order valence-corrected chi connectivity index (χ1v) is 12.3. The molecule has 0 unspecified atom stereocenters. The van der Waals surface area contributed by atoms with E-state index < -0.39 is 20.7 Å². The lowest BCUT2D eigenvalue weighted by Crippen LogP contribution is -2.14. The molecule has 1 N–H and O–H groups in total. The molecule has 0 bridgehead atoms. The van der Waals surface area contributed by atoms with Gasteiger partial charge in [-0.25, -0.2) is 8.42 Å². The van der Waals surface area contributed by atoms with Gasteiger partial charge in [0, 0.05) is 35.1 Å². The van der Waals surface area contributed by atoms with Gasteiger partial charge in [0.05, 0.1) is 16.4 Å². The van der Waals surface area contributed by atoms with E-state index >= 15 is 0 Å². The highest BCUT2D eigenvalue weighted by Gasteiger charge is 2.21. The summed E-state index contributed by atoms with van der Waals surface area (Å²) >= 11 is 0.699. The molecular weight excluding hydrogens is 480 g/mol. The van der Waals surface area contributed by atoms with Crippen molar-refractivity contribution >= 4 is 44.2 Å². The van der Waals surface area contributed by atoms with E-state index in [-0.39, 0.29) is 27.3 Å². The quantitative estimate of drug-likeness (QED) is 0.223. The van der Waals surface area contributed by atoms with E-state index in [4.69, 9.17) is 0 Å². The second-order valence-electron chi connectivity index (χ2n) is 7.30. The summed E-state index contributed by atoms with van der Waals surface area (Å²) in [6.07, 6.45) is 1.39. The average molecular weight is 501 g/mol. The van der Waals surface area contributed by atoms with Crippen LogP contribution in [-0.4, -0.2) is 38.9 Å². The van der Waals surface area contributed by atoms with Crippen LogP contribution in [0.3, 0.4) is 0 Å². The molecule has 3 aromatic rings. The van der Waals surface area contributed by atoms with Crippen LogP contribution in [0, 0.1) is 42.2 Å². The molecule has 2 aromatic heterocycles. The number of benzene rings is 1. The molecule has 0 aliphatic heterocycles. The van der Waals surface area contributed by atoms with Gasteiger partial charge in [0.15, 0.2) is 0 Å². The number of nitriles is 1. The molecule has 13 heteroatoms. The predicted molar refractivity (Wildman–Crippen MR) is 126 cm³/mol. The molecule has 0 spiro atoms. The second kappa shape index (κ2) is 9.54. The SMILES string of the molecule is CCS(=O)(=O)c1nsc(NC(=O)C(C#N)=Cc2cc(C)n(-c3cc([N+](=O)[O-])ccc3C)c2C)n1. The molecule has 0 aliphatic rings. The molecule has 0 saturated heterocycles. The molecule has 34 heavy (non-hydrogen) atoms. The van der Waals surface area contributed by atoms with Crippen LogP contribution in [0.4, 0.5) is 10.8 Å². The van der Waals surface area contributed by atoms with Crippen molar-refractivity contribution in [1.29, 1.82) is 5.26 Å². The number of anilines is 1. The van der Waals surface area contributed by atoms with Crippen molar-refractivity contribution in [3.05, 3.63) is 62.5 Å². The van der Waals surface area contributed by atoms with Gasteiger partial charge >= 0.3 is 0 Å². The third kappa shape index (κ3) is 4.87. The smallest absolute Gasteiger partial charge is 0.271 e. The van der Waals surface area contributed by atoms with Gasteiger partial charge in [0.25, 0.3) is 16.8 Å². The molecule has 0 aliphatic carbocycles. The van der Waals surface area contributed by atoms with Crippen LogP contribution < -0.4 is 5.32 Å². The van der Waals surface area contributed by atoms with E-state index in [1.54, 1.807) is 19.1 Å². The Hall–Kier alpha value is -3.89. The highest BCUT2D eigenvalue weighted by Crippen LogP contribution is 2.28. The number of non-ortho nitro benzene ring substituents is 1. The van der Waals surface area contributed by atoms with E-state index in [0.29, 0.717) is 28.5 Å². The third-order valence-electron chi connectivity index (χ3n) is 5.07. The molecule has 0 saturated carbocycles. The van der Waals surface area contributed by atoms with E-state index in [0.717, 1.165) is 11.3 Å². The number of nitro groups is 1. The Morgan fingerprint density at radius 3 is 2.65 bits per heavy atom. The normalized spacial score (nSPS) is 11.8. The Balaban J connectivity index is 1.95. The second-order valence-corrected chi connectivity index (χ2v) is 10.2. The van der Waals surface area contributed by atoms with Gasteiger partial charge in [-0.1, -0.05) is 13.0 Å². The van der Waals surface area contributed by atoms with Gasteiger partial charge in [-0.15, -0.1) is 0 Å². The number of carbonyl (C=O) groups is 1. The van der Waals surface area contributed by atoms with E-state index in [9.17, 15) is 28.6 Å². The summed E-state index contributed by atoms with van der Waals surface area (Å²) in [6, 6.07) is 8.15. The number of aromatic nitrogens is 3. The van der Waals surface area contributed by atoms with Crippen LogP contribution >= 0.6 is 11.5 Å². The molecule has 1 aromatic carbocycles. The Morgan fingerprint density at radius 1 is 1.32 bits per heavy atom. The highest BCUT2D eigenvalue weighted by atomic mass is 32.2. The maximum Gasteiger partial charge on any atom is 0.271 e. The maximum absolute atomic E-state index is 12.6. The minimum absolute atomic E-state index is 0.0455. The standard InChI is InChI=1S/C21H20N6O5S2/c1-5-34(31,32)21-24-20(33-25-21)23-19(28)16(11-22)9-15-8-13(3)26(14(15)4)18-10-17(27(29)30)7-6-12(18)2/h6-10H,5H2,1-4H3,(H,23,24,25,28). The van der Waals surface area contributed by atoms with Gasteiger partial charge in [-0.2, -0.15) is 14.6 Å². The summed E-state index contributed by atoms with van der Waals surface area (Å²) in [6.45, 7) is 6.87. The predicted octanol–water partition coefficient (Wildman–Crippen LogP) is 3.50. The number of hydrogen-bond acceptors (Lipinski definition) is 9. The summed E-state index contributed by atoms with van der Waals surface area (Å²) in [5, 5.41) is 22.7. The van der Waals surface area contributed by atoms with E-state index in [1.165, 1.54) is 25.1 Å². The third-order valence-corrected chi connectivity index (χ3v) is 7.31. The largest absolute Gasteiger partial charge is 0.317 e. The number of rotatable bonds is 7. The van der Waals surface area contributed by atoms with Crippen LogP contribution in [0.1, 0.15) is 29.4 Å². The zero-order chi connectivity index (χ0) is 25.2. The van der Waals surface area contributed by atoms with Crippen LogP contribution in [-0.2, 0) is 14.6 Å². The van der Waals surface area contributed by atoms with Crippen LogP contribution in [0.15, 0.2) is 35.0 Å². The molecule has 11 nitrogen and oxygen atoms in total. The van der Waals surface area contributed by atoms with Crippen molar-refractivity contribution < 1.29 is 18.1 Å². The van der Waals surface area contributed by atoms with Crippen molar-refractivity contribution in [3.63, 3.8) is 0 Å². The Labute approximate surface area is 199 Å². The van der Waals surface area contributed by atoms with Gasteiger partial charge in [0.2, 0.25) is 15.0 Å². The Kier molecular flexibility index (Phi) is 6.94. The fraction of sp³-hybridized carbons (Fsp3) is 0.238. The molecule has 176 valence electrons. The lowest BCUT2D eigenvalue weighted by molar-refractivity contribution is -0.384. The topological polar surface area (TPSA) is 161 Å². The zero-order valence-electron chi connectivity index (χ0n) is 18.7. The van der Waals surface area contributed by atoms with Crippen molar-refractivity contribution in [2.24, 2.45) is 0 Å². The van der Waals surface area contributed by atoms with Crippen LogP contribution in [0.2, 0.25) is 0 Å². The van der Waals surface area contributed by atoms with Gasteiger partial charge < -0.3 is 4.57 Å². The molecule has 0 radical (unpaired) electrons. The Bertz CT molecular complexity index is 1480. The van der Waals surface area contributed by atoms with Gasteiger partial charge in [0.1, 0.15) is 11.6 Å². The number of amides is 1. The van der Waals surface area contributed by atoms with Crippen LogP contribution in [0.5, 0.6) is 0 Å². The number of nitrogens with one attached hydrogen (secondary N) is 1. The Morgan fingerprint density at radius 2 is 2.03 bits per heavy atom. The highest BCUT2D eigenvalue weighted by molar-refractivity contribution is 7.91. The number of carbonyl (C=O) groups excluding carboxylic acids is 1. The number of hydrogen-bond donors (Lipinski definition) is 1. The van der Waals surface area contributed by atoms with Crippen molar-refractivity contribution in [1.82, 2.24) is 13.9 Å². The molecule has 0 fully saturated rings. The van der Waals surface area contributed by atoms with Crippen LogP contribution in [0.25, 0.3) is 11.8 Å². The van der Waals surface area contributed by atoms with E-state index in [1.807, 2.05) is 24.5 Å². The zero-order valence-corrected chi connectivity index (χ0v) is 20.3. The molecular formula is C21H20N6O5S2. The summed E-state index contributed by atoms with van der Waals surface area (Å²) in [5.41, 5.74) is 3.15. The summed E-state index contributed by atoms with van der Waals surface area (Å²) in [7, 11) is -3.62. The minimum Gasteiger partial charge on any atom is -0.317 e. The van der Waals surface area contributed by atoms with E-state index in [2.05, 4.69) is 14.7 Å². The first-order chi connectivity index (χ1) is 16.0. The number of sulfone groups is 1. The number of aryl methyl sites for hydroxylation is 2. The van der Waals surface area contributed by atoms with Crippen molar-refractivity contribution in [2.75, 3.05) is 11.1 Å². The summed E-state index contributed by atoms with van der Waals surface area (Å²) in [5.74, 6) is -0.949. The first-order valence-electron chi connectivity index (χ1n) is 9.92. The fourth-order valence-corrected chi connectivity index (χ4v) is 4.82. The first kappa shape index (κ1) is 24.7.